The molecular formula is C22H25N9O2. The molecule has 1 atom stereocenters. The molecule has 2 aliphatic rings. The minimum Gasteiger partial charge on any atom is -0.361 e. The summed E-state index contributed by atoms with van der Waals surface area (Å²) < 4.78 is 24.0. The van der Waals surface area contributed by atoms with Gasteiger partial charge in [-0.2, -0.15) is 5.10 Å². The van der Waals surface area contributed by atoms with E-state index in [-0.39, 0.29) is 35.1 Å². The first-order chi connectivity index (χ1) is 17.0. The Balaban J connectivity index is 1.56. The first-order valence-corrected chi connectivity index (χ1v) is 10.6. The van der Waals surface area contributed by atoms with Crippen LogP contribution in [0.15, 0.2) is 24.3 Å². The molecular weight excluding hydrogens is 422 g/mol. The van der Waals surface area contributed by atoms with Crippen molar-refractivity contribution in [3.05, 3.63) is 41.6 Å². The second-order valence-electron chi connectivity index (χ2n) is 8.22. The van der Waals surface area contributed by atoms with Crippen molar-refractivity contribution in [2.24, 2.45) is 5.92 Å². The quantitative estimate of drug-likeness (QED) is 0.540. The molecule has 0 bridgehead atoms. The Morgan fingerprint density at radius 1 is 1.21 bits per heavy atom. The van der Waals surface area contributed by atoms with Crippen molar-refractivity contribution >= 4 is 34.7 Å². The maximum absolute atomic E-state index is 12.8. The minimum absolute atomic E-state index is 0.0571. The molecule has 0 spiro atoms. The number of aryl methyl sites for hydroxylation is 1. The van der Waals surface area contributed by atoms with Gasteiger partial charge in [-0.25, -0.2) is 9.67 Å². The SMILES string of the molecule is [2H]C([2H])([2H])NC(=O)c1nnc(NC(=O)C2CC2)cc1Nc1cccc2c1N(C)[C@H](C)c1nc(C)nn1-2. The summed E-state index contributed by atoms with van der Waals surface area (Å²) in [6.45, 7) is 1.13. The first kappa shape index (κ1) is 17.5. The fraction of sp³-hybridized carbons (Fsp3) is 0.364. The van der Waals surface area contributed by atoms with Crippen molar-refractivity contribution in [2.45, 2.75) is 32.7 Å². The summed E-state index contributed by atoms with van der Waals surface area (Å²) in [4.78, 5) is 31.6. The maximum Gasteiger partial charge on any atom is 0.273 e. The van der Waals surface area contributed by atoms with Gasteiger partial charge in [0.1, 0.15) is 5.82 Å². The summed E-state index contributed by atoms with van der Waals surface area (Å²) in [5.74, 6) is 0.446. The monoisotopic (exact) mass is 450 g/mol. The lowest BCUT2D eigenvalue weighted by molar-refractivity contribution is -0.117. The van der Waals surface area contributed by atoms with Gasteiger partial charge in [0.05, 0.1) is 28.8 Å². The molecule has 1 fully saturated rings. The number of amides is 2. The summed E-state index contributed by atoms with van der Waals surface area (Å²) in [5, 5.41) is 20.3. The van der Waals surface area contributed by atoms with Gasteiger partial charge >= 0.3 is 0 Å². The van der Waals surface area contributed by atoms with Crippen LogP contribution in [0.4, 0.5) is 22.9 Å². The molecule has 33 heavy (non-hydrogen) atoms. The Morgan fingerprint density at radius 2 is 2.03 bits per heavy atom. The van der Waals surface area contributed by atoms with Crippen LogP contribution in [0.25, 0.3) is 5.69 Å². The smallest absolute Gasteiger partial charge is 0.273 e. The van der Waals surface area contributed by atoms with E-state index in [1.807, 2.05) is 49.3 Å². The van der Waals surface area contributed by atoms with Crippen LogP contribution in [0.1, 0.15) is 52.1 Å². The zero-order valence-corrected chi connectivity index (χ0v) is 18.4. The van der Waals surface area contributed by atoms with Gasteiger partial charge in [0.2, 0.25) is 5.91 Å². The van der Waals surface area contributed by atoms with E-state index in [1.54, 1.807) is 4.68 Å². The third-order valence-electron chi connectivity index (χ3n) is 5.88. The molecule has 1 aliphatic heterocycles. The average Bonchev–Trinajstić information content (AvgIpc) is 3.58. The lowest BCUT2D eigenvalue weighted by atomic mass is 10.1. The van der Waals surface area contributed by atoms with Crippen LogP contribution < -0.4 is 20.9 Å². The zero-order valence-electron chi connectivity index (χ0n) is 21.4. The summed E-state index contributed by atoms with van der Waals surface area (Å²) in [5.41, 5.74) is 2.17. The van der Waals surface area contributed by atoms with Crippen LogP contribution in [0.5, 0.6) is 0 Å². The van der Waals surface area contributed by atoms with E-state index in [0.717, 1.165) is 30.0 Å². The number of carbonyl (C=O) groups is 2. The second-order valence-corrected chi connectivity index (χ2v) is 8.22. The van der Waals surface area contributed by atoms with E-state index >= 15 is 0 Å². The number of hydrogen-bond donors (Lipinski definition) is 3. The highest BCUT2D eigenvalue weighted by Crippen LogP contribution is 2.42. The number of carbonyl (C=O) groups excluding carboxylic acids is 2. The van der Waals surface area contributed by atoms with Gasteiger partial charge in [-0.3, -0.25) is 9.59 Å². The molecule has 3 heterocycles. The van der Waals surface area contributed by atoms with Crippen molar-refractivity contribution in [2.75, 3.05) is 29.6 Å². The van der Waals surface area contributed by atoms with Gasteiger partial charge < -0.3 is 20.9 Å². The van der Waals surface area contributed by atoms with Gasteiger partial charge in [0.15, 0.2) is 17.3 Å². The van der Waals surface area contributed by atoms with E-state index < -0.39 is 12.9 Å². The molecule has 0 saturated heterocycles. The number of fused-ring (bicyclic) bond motifs is 3. The number of aromatic nitrogens is 5. The molecule has 0 radical (unpaired) electrons. The zero-order chi connectivity index (χ0) is 25.8. The van der Waals surface area contributed by atoms with Gasteiger partial charge in [-0.15, -0.1) is 10.2 Å². The third kappa shape index (κ3) is 3.65. The lowest BCUT2D eigenvalue weighted by Crippen LogP contribution is -2.31. The van der Waals surface area contributed by atoms with Crippen molar-refractivity contribution in [3.63, 3.8) is 0 Å². The van der Waals surface area contributed by atoms with Crippen LogP contribution in [0.2, 0.25) is 0 Å². The lowest BCUT2D eigenvalue weighted by Gasteiger charge is -2.34. The highest BCUT2D eigenvalue weighted by molar-refractivity contribution is 6.00. The number of nitrogens with zero attached hydrogens (tertiary/aromatic N) is 6. The van der Waals surface area contributed by atoms with Gasteiger partial charge in [0.25, 0.3) is 5.91 Å². The van der Waals surface area contributed by atoms with E-state index in [0.29, 0.717) is 11.5 Å². The Bertz CT molecular complexity index is 1370. The molecule has 3 N–H and O–H groups in total. The first-order valence-electron chi connectivity index (χ1n) is 12.1. The summed E-state index contributed by atoms with van der Waals surface area (Å²) in [6, 6.07) is 6.94. The number of benzene rings is 1. The van der Waals surface area contributed by atoms with E-state index in [9.17, 15) is 9.59 Å². The third-order valence-corrected chi connectivity index (χ3v) is 5.88. The number of hydrogen-bond acceptors (Lipinski definition) is 8. The van der Waals surface area contributed by atoms with Crippen LogP contribution in [-0.4, -0.2) is 50.8 Å². The van der Waals surface area contributed by atoms with Crippen LogP contribution in [0, 0.1) is 12.8 Å². The highest BCUT2D eigenvalue weighted by atomic mass is 16.2. The standard InChI is InChI=1S/C22H25N9O2/c1-11-20-24-12(2)29-31(20)16-7-5-6-14(19(16)30(11)4)25-15-10-17(26-21(32)13-8-9-13)27-28-18(15)22(33)23-3/h5-7,10-11,13H,8-9H2,1-4H3,(H,23,33)(H2,25,26,27,32)/t11-/m1/s1/i3D3. The Morgan fingerprint density at radius 3 is 2.79 bits per heavy atom. The van der Waals surface area contributed by atoms with Crippen molar-refractivity contribution in [1.82, 2.24) is 30.3 Å². The molecule has 0 unspecified atom stereocenters. The summed E-state index contributed by atoms with van der Waals surface area (Å²) in [6.07, 6.45) is 1.63. The molecule has 1 saturated carbocycles. The molecule has 5 rings (SSSR count). The van der Waals surface area contributed by atoms with E-state index in [1.165, 1.54) is 6.07 Å². The Hall–Kier alpha value is -4.02. The van der Waals surface area contributed by atoms with Gasteiger partial charge in [-0.1, -0.05) is 6.07 Å². The molecule has 2 aromatic heterocycles. The number of para-hydroxylation sites is 1. The molecule has 170 valence electrons. The van der Waals surface area contributed by atoms with Crippen LogP contribution in [-0.2, 0) is 4.79 Å². The number of rotatable bonds is 5. The summed E-state index contributed by atoms with van der Waals surface area (Å²) >= 11 is 0. The minimum atomic E-state index is -2.71. The second kappa shape index (κ2) is 7.84. The van der Waals surface area contributed by atoms with Crippen molar-refractivity contribution in [3.8, 4) is 5.69 Å². The van der Waals surface area contributed by atoms with Crippen molar-refractivity contribution < 1.29 is 13.7 Å². The average molecular weight is 451 g/mol. The number of anilines is 4. The predicted octanol–water partition coefficient (Wildman–Crippen LogP) is 2.33. The molecule has 1 aliphatic carbocycles. The van der Waals surface area contributed by atoms with Crippen LogP contribution >= 0.6 is 0 Å². The fourth-order valence-corrected chi connectivity index (χ4v) is 3.91. The normalized spacial score (nSPS) is 18.3. The van der Waals surface area contributed by atoms with E-state index in [4.69, 9.17) is 4.11 Å². The van der Waals surface area contributed by atoms with Gasteiger partial charge in [-0.05, 0) is 38.8 Å². The van der Waals surface area contributed by atoms with Crippen molar-refractivity contribution in [1.29, 1.82) is 0 Å². The highest BCUT2D eigenvalue weighted by Gasteiger charge is 2.32. The maximum atomic E-state index is 12.8. The fourth-order valence-electron chi connectivity index (χ4n) is 3.91. The van der Waals surface area contributed by atoms with Crippen LogP contribution in [0.3, 0.4) is 0 Å². The molecule has 11 nitrogen and oxygen atoms in total. The summed E-state index contributed by atoms with van der Waals surface area (Å²) in [7, 11) is 1.93. The Kier molecular flexibility index (Phi) is 4.16. The largest absolute Gasteiger partial charge is 0.361 e. The number of nitrogens with one attached hydrogen (secondary N) is 3. The molecule has 1 aromatic carbocycles. The predicted molar refractivity (Wildman–Crippen MR) is 123 cm³/mol. The van der Waals surface area contributed by atoms with Gasteiger partial charge in [0, 0.05) is 30.1 Å². The Labute approximate surface area is 194 Å². The molecule has 11 heteroatoms. The molecule has 2 amide bonds. The molecule has 3 aromatic rings. The van der Waals surface area contributed by atoms with E-state index in [2.05, 4.69) is 30.9 Å². The topological polar surface area (TPSA) is 130 Å².